The minimum Gasteiger partial charge on any atom is -0.342 e. The van der Waals surface area contributed by atoms with Gasteiger partial charge >= 0.3 is 0 Å². The van der Waals surface area contributed by atoms with Gasteiger partial charge in [0.2, 0.25) is 5.91 Å². The van der Waals surface area contributed by atoms with Crippen LogP contribution in [0.25, 0.3) is 0 Å². The summed E-state index contributed by atoms with van der Waals surface area (Å²) in [7, 11) is 0. The predicted molar refractivity (Wildman–Crippen MR) is 87.3 cm³/mol. The average molecular weight is 288 g/mol. The topological polar surface area (TPSA) is 32.3 Å². The van der Waals surface area contributed by atoms with Gasteiger partial charge in [0.05, 0.1) is 5.41 Å². The highest BCUT2D eigenvalue weighted by atomic mass is 16.2. The fourth-order valence-corrected chi connectivity index (χ4v) is 3.11. The number of likely N-dealkylation sites (N-methyl/N-ethyl adjacent to an activating group) is 1. The largest absolute Gasteiger partial charge is 0.342 e. The van der Waals surface area contributed by atoms with Gasteiger partial charge in [-0.15, -0.1) is 0 Å². The van der Waals surface area contributed by atoms with Gasteiger partial charge in [-0.05, 0) is 58.2 Å². The van der Waals surface area contributed by atoms with E-state index in [9.17, 15) is 4.79 Å². The zero-order valence-corrected chi connectivity index (χ0v) is 13.6. The fraction of sp³-hybridized carbons (Fsp3) is 0.611. The van der Waals surface area contributed by atoms with Crippen molar-refractivity contribution in [3.8, 4) is 0 Å². The molecule has 3 nitrogen and oxygen atoms in total. The first-order valence-electron chi connectivity index (χ1n) is 8.11. The quantitative estimate of drug-likeness (QED) is 0.903. The zero-order chi connectivity index (χ0) is 15.3. The Balaban J connectivity index is 2.08. The van der Waals surface area contributed by atoms with E-state index in [4.69, 9.17) is 0 Å². The van der Waals surface area contributed by atoms with E-state index in [0.717, 1.165) is 31.7 Å². The molecule has 0 aromatic heterocycles. The molecule has 0 unspecified atom stereocenters. The second-order valence-corrected chi connectivity index (χ2v) is 6.53. The number of nitrogens with one attached hydrogen (secondary N) is 1. The molecule has 2 rings (SSSR count). The maximum Gasteiger partial charge on any atom is 0.232 e. The Morgan fingerprint density at radius 2 is 1.86 bits per heavy atom. The van der Waals surface area contributed by atoms with Crippen molar-refractivity contribution >= 4 is 5.91 Å². The van der Waals surface area contributed by atoms with E-state index in [1.807, 2.05) is 36.9 Å². The van der Waals surface area contributed by atoms with E-state index in [0.29, 0.717) is 5.92 Å². The van der Waals surface area contributed by atoms with Crippen molar-refractivity contribution in [3.63, 3.8) is 0 Å². The highest BCUT2D eigenvalue weighted by Gasteiger charge is 2.34. The first-order valence-corrected chi connectivity index (χ1v) is 8.11. The third-order valence-electron chi connectivity index (χ3n) is 4.64. The summed E-state index contributed by atoms with van der Waals surface area (Å²) in [5, 5.41) is 3.39. The first-order chi connectivity index (χ1) is 10.1. The van der Waals surface area contributed by atoms with Gasteiger partial charge in [0.1, 0.15) is 0 Å². The molecule has 1 heterocycles. The van der Waals surface area contributed by atoms with Gasteiger partial charge in [-0.1, -0.05) is 30.3 Å². The van der Waals surface area contributed by atoms with Crippen molar-refractivity contribution in [2.45, 2.75) is 39.0 Å². The Labute approximate surface area is 128 Å². The molecule has 21 heavy (non-hydrogen) atoms. The van der Waals surface area contributed by atoms with E-state index < -0.39 is 5.41 Å². The summed E-state index contributed by atoms with van der Waals surface area (Å²) in [6.07, 6.45) is 2.35. The molecule has 1 fully saturated rings. The molecule has 1 N–H and O–H groups in total. The lowest BCUT2D eigenvalue weighted by Crippen LogP contribution is -2.46. The fourth-order valence-electron chi connectivity index (χ4n) is 3.11. The van der Waals surface area contributed by atoms with E-state index in [1.165, 1.54) is 12.8 Å². The molecule has 0 atom stereocenters. The molecule has 116 valence electrons. The summed E-state index contributed by atoms with van der Waals surface area (Å²) in [5.74, 6) is 0.886. The van der Waals surface area contributed by atoms with Crippen molar-refractivity contribution in [1.29, 1.82) is 0 Å². The monoisotopic (exact) mass is 288 g/mol. The van der Waals surface area contributed by atoms with Crippen LogP contribution in [-0.4, -0.2) is 37.0 Å². The average Bonchev–Trinajstić information content (AvgIpc) is 2.53. The molecule has 1 aliphatic rings. The van der Waals surface area contributed by atoms with Gasteiger partial charge in [-0.3, -0.25) is 4.79 Å². The van der Waals surface area contributed by atoms with Crippen LogP contribution in [0, 0.1) is 5.92 Å². The maximum atomic E-state index is 13.0. The van der Waals surface area contributed by atoms with Crippen LogP contribution in [0.3, 0.4) is 0 Å². The van der Waals surface area contributed by atoms with Crippen LogP contribution in [0.2, 0.25) is 0 Å². The molecule has 1 aliphatic heterocycles. The molecular formula is C18H28N2O. The van der Waals surface area contributed by atoms with E-state index >= 15 is 0 Å². The molecule has 0 bridgehead atoms. The summed E-state index contributed by atoms with van der Waals surface area (Å²) in [6, 6.07) is 10.1. The number of amides is 1. The molecule has 1 aromatic rings. The number of hydrogen-bond donors (Lipinski definition) is 1. The van der Waals surface area contributed by atoms with Crippen molar-refractivity contribution in [2.24, 2.45) is 5.92 Å². The highest BCUT2D eigenvalue weighted by molar-refractivity contribution is 5.87. The standard InChI is InChI=1S/C18H28N2O/c1-4-20(14-15-10-12-19-13-11-15)17(21)18(2,3)16-8-6-5-7-9-16/h5-9,15,19H,4,10-14H2,1-3H3. The van der Waals surface area contributed by atoms with E-state index in [1.54, 1.807) is 0 Å². The Morgan fingerprint density at radius 3 is 2.43 bits per heavy atom. The highest BCUT2D eigenvalue weighted by Crippen LogP contribution is 2.26. The minimum atomic E-state index is -0.454. The van der Waals surface area contributed by atoms with Crippen LogP contribution in [0.4, 0.5) is 0 Å². The van der Waals surface area contributed by atoms with Crippen LogP contribution in [0.15, 0.2) is 30.3 Å². The van der Waals surface area contributed by atoms with Gasteiger partial charge in [0, 0.05) is 13.1 Å². The Morgan fingerprint density at radius 1 is 1.24 bits per heavy atom. The predicted octanol–water partition coefficient (Wildman–Crippen LogP) is 2.81. The van der Waals surface area contributed by atoms with Gasteiger partial charge in [-0.2, -0.15) is 0 Å². The summed E-state index contributed by atoms with van der Waals surface area (Å²) in [6.45, 7) is 10.0. The number of piperidine rings is 1. The van der Waals surface area contributed by atoms with Crippen molar-refractivity contribution in [3.05, 3.63) is 35.9 Å². The van der Waals surface area contributed by atoms with Gasteiger partial charge in [0.25, 0.3) is 0 Å². The smallest absolute Gasteiger partial charge is 0.232 e. The lowest BCUT2D eigenvalue weighted by Gasteiger charge is -2.35. The van der Waals surface area contributed by atoms with E-state index in [2.05, 4.69) is 24.4 Å². The minimum absolute atomic E-state index is 0.245. The molecular weight excluding hydrogens is 260 g/mol. The summed E-state index contributed by atoms with van der Waals surface area (Å²) < 4.78 is 0. The number of nitrogens with zero attached hydrogens (tertiary/aromatic N) is 1. The van der Waals surface area contributed by atoms with E-state index in [-0.39, 0.29) is 5.91 Å². The summed E-state index contributed by atoms with van der Waals surface area (Å²) in [5.41, 5.74) is 0.642. The lowest BCUT2D eigenvalue weighted by atomic mass is 9.82. The van der Waals surface area contributed by atoms with Crippen LogP contribution in [0.1, 0.15) is 39.2 Å². The third-order valence-corrected chi connectivity index (χ3v) is 4.64. The Hall–Kier alpha value is -1.35. The SMILES string of the molecule is CCN(CC1CCNCC1)C(=O)C(C)(C)c1ccccc1. The first kappa shape index (κ1) is 16.0. The number of rotatable bonds is 5. The molecule has 0 spiro atoms. The van der Waals surface area contributed by atoms with Crippen molar-refractivity contribution in [1.82, 2.24) is 10.2 Å². The number of carbonyl (C=O) groups excluding carboxylic acids is 1. The van der Waals surface area contributed by atoms with Gasteiger partial charge in [0.15, 0.2) is 0 Å². The van der Waals surface area contributed by atoms with Crippen LogP contribution in [0.5, 0.6) is 0 Å². The number of carbonyl (C=O) groups is 1. The summed E-state index contributed by atoms with van der Waals surface area (Å²) >= 11 is 0. The second kappa shape index (κ2) is 7.08. The zero-order valence-electron chi connectivity index (χ0n) is 13.6. The lowest BCUT2D eigenvalue weighted by molar-refractivity contribution is -0.136. The Kier molecular flexibility index (Phi) is 5.40. The molecule has 1 amide bonds. The Bertz CT molecular complexity index is 450. The molecule has 1 aromatic carbocycles. The van der Waals surface area contributed by atoms with Gasteiger partial charge < -0.3 is 10.2 Å². The number of hydrogen-bond acceptors (Lipinski definition) is 2. The second-order valence-electron chi connectivity index (χ2n) is 6.53. The van der Waals surface area contributed by atoms with Crippen LogP contribution in [-0.2, 0) is 10.2 Å². The molecule has 0 saturated carbocycles. The molecule has 3 heteroatoms. The molecule has 1 saturated heterocycles. The number of benzene rings is 1. The van der Waals surface area contributed by atoms with Crippen LogP contribution >= 0.6 is 0 Å². The third kappa shape index (κ3) is 3.85. The van der Waals surface area contributed by atoms with Crippen molar-refractivity contribution < 1.29 is 4.79 Å². The van der Waals surface area contributed by atoms with Crippen LogP contribution < -0.4 is 5.32 Å². The maximum absolute atomic E-state index is 13.0. The van der Waals surface area contributed by atoms with Crippen molar-refractivity contribution in [2.75, 3.05) is 26.2 Å². The molecule has 0 radical (unpaired) electrons. The van der Waals surface area contributed by atoms with Gasteiger partial charge in [-0.25, -0.2) is 0 Å². The normalized spacial score (nSPS) is 16.7. The molecule has 0 aliphatic carbocycles. The summed E-state index contributed by atoms with van der Waals surface area (Å²) in [4.78, 5) is 15.0.